The molecule has 0 saturated heterocycles. The van der Waals surface area contributed by atoms with E-state index >= 15 is 0 Å². The summed E-state index contributed by atoms with van der Waals surface area (Å²) in [5.41, 5.74) is 4.99. The second kappa shape index (κ2) is 10.4. The van der Waals surface area contributed by atoms with Gasteiger partial charge in [0.15, 0.2) is 11.5 Å². The number of pyridine rings is 1. The van der Waals surface area contributed by atoms with Crippen molar-refractivity contribution in [3.63, 3.8) is 0 Å². The highest BCUT2D eigenvalue weighted by Crippen LogP contribution is 2.36. The SMILES string of the molecule is CC(C)(C)c1cc(NC(=O)Cc2ccc(-c3ccc(N)nc3C(F)(F)F)cc2)no1.CS(=O)(=O)O. The lowest BCUT2D eigenvalue weighted by Crippen LogP contribution is -2.15. The largest absolute Gasteiger partial charge is 0.434 e. The highest BCUT2D eigenvalue weighted by molar-refractivity contribution is 7.85. The first-order chi connectivity index (χ1) is 15.9. The van der Waals surface area contributed by atoms with Crippen molar-refractivity contribution in [3.05, 3.63) is 59.5 Å². The molecule has 190 valence electrons. The first-order valence-corrected chi connectivity index (χ1v) is 11.9. The van der Waals surface area contributed by atoms with E-state index in [1.807, 2.05) is 20.8 Å². The quantitative estimate of drug-likeness (QED) is 0.436. The van der Waals surface area contributed by atoms with Crippen LogP contribution in [0.15, 0.2) is 47.0 Å². The summed E-state index contributed by atoms with van der Waals surface area (Å²) in [7, 11) is -3.67. The molecule has 0 atom stereocenters. The van der Waals surface area contributed by atoms with Crippen LogP contribution in [0.25, 0.3) is 11.1 Å². The van der Waals surface area contributed by atoms with E-state index < -0.39 is 22.0 Å². The molecule has 0 bridgehead atoms. The van der Waals surface area contributed by atoms with E-state index in [2.05, 4.69) is 15.5 Å². The summed E-state index contributed by atoms with van der Waals surface area (Å²) in [6.07, 6.45) is -3.89. The normalized spacial score (nSPS) is 12.0. The van der Waals surface area contributed by atoms with Crippen molar-refractivity contribution in [2.24, 2.45) is 0 Å². The number of halogens is 3. The lowest BCUT2D eigenvalue weighted by molar-refractivity contribution is -0.140. The first-order valence-electron chi connectivity index (χ1n) is 10.1. The maximum Gasteiger partial charge on any atom is 0.434 e. The van der Waals surface area contributed by atoms with Crippen LogP contribution in [-0.4, -0.2) is 35.3 Å². The van der Waals surface area contributed by atoms with Crippen molar-refractivity contribution in [1.29, 1.82) is 0 Å². The van der Waals surface area contributed by atoms with Crippen LogP contribution in [0.4, 0.5) is 24.8 Å². The number of nitrogen functional groups attached to an aromatic ring is 1. The van der Waals surface area contributed by atoms with Gasteiger partial charge in [-0.05, 0) is 23.3 Å². The fourth-order valence-electron chi connectivity index (χ4n) is 2.79. The van der Waals surface area contributed by atoms with E-state index in [1.165, 1.54) is 24.3 Å². The number of hydrogen-bond donors (Lipinski definition) is 3. The Kier molecular flexibility index (Phi) is 8.29. The van der Waals surface area contributed by atoms with Gasteiger partial charge in [0.2, 0.25) is 5.91 Å². The minimum absolute atomic E-state index is 0.0319. The molecule has 4 N–H and O–H groups in total. The van der Waals surface area contributed by atoms with E-state index in [0.29, 0.717) is 29.0 Å². The van der Waals surface area contributed by atoms with Crippen LogP contribution in [-0.2, 0) is 32.9 Å². The molecule has 0 unspecified atom stereocenters. The van der Waals surface area contributed by atoms with Gasteiger partial charge in [-0.15, -0.1) is 0 Å². The van der Waals surface area contributed by atoms with E-state index in [9.17, 15) is 26.4 Å². The third kappa shape index (κ3) is 9.02. The van der Waals surface area contributed by atoms with Gasteiger partial charge in [-0.2, -0.15) is 21.6 Å². The average Bonchev–Trinajstić information content (AvgIpc) is 3.15. The third-order valence-electron chi connectivity index (χ3n) is 4.33. The van der Waals surface area contributed by atoms with E-state index in [4.69, 9.17) is 14.8 Å². The molecule has 1 amide bonds. The van der Waals surface area contributed by atoms with Gasteiger partial charge in [0.05, 0.1) is 12.7 Å². The Balaban J connectivity index is 0.000000784. The molecule has 0 radical (unpaired) electrons. The Morgan fingerprint density at radius 2 is 1.69 bits per heavy atom. The molecule has 0 aliphatic heterocycles. The molecular formula is C22H25F3N4O5S. The van der Waals surface area contributed by atoms with Crippen LogP contribution in [0, 0.1) is 0 Å². The summed E-state index contributed by atoms with van der Waals surface area (Å²) in [5, 5.41) is 6.48. The molecule has 9 nitrogen and oxygen atoms in total. The molecule has 0 aliphatic carbocycles. The molecule has 2 heterocycles. The van der Waals surface area contributed by atoms with Crippen LogP contribution >= 0.6 is 0 Å². The summed E-state index contributed by atoms with van der Waals surface area (Å²) in [5.74, 6) is 0.424. The summed E-state index contributed by atoms with van der Waals surface area (Å²) in [6, 6.07) is 10.5. The smallest absolute Gasteiger partial charge is 0.384 e. The van der Waals surface area contributed by atoms with Crippen LogP contribution < -0.4 is 11.1 Å². The van der Waals surface area contributed by atoms with Crippen LogP contribution in [0.5, 0.6) is 0 Å². The topological polar surface area (TPSA) is 148 Å². The van der Waals surface area contributed by atoms with Crippen molar-refractivity contribution in [2.75, 3.05) is 17.3 Å². The highest BCUT2D eigenvalue weighted by atomic mass is 32.2. The number of benzene rings is 1. The fourth-order valence-corrected chi connectivity index (χ4v) is 2.79. The van der Waals surface area contributed by atoms with Gasteiger partial charge in [-0.3, -0.25) is 9.35 Å². The van der Waals surface area contributed by atoms with Crippen LogP contribution in [0.1, 0.15) is 37.8 Å². The molecule has 2 aromatic heterocycles. The monoisotopic (exact) mass is 514 g/mol. The molecule has 3 rings (SSSR count). The maximum atomic E-state index is 13.3. The van der Waals surface area contributed by atoms with Gasteiger partial charge >= 0.3 is 6.18 Å². The maximum absolute atomic E-state index is 13.3. The molecule has 0 aliphatic rings. The van der Waals surface area contributed by atoms with Gasteiger partial charge in [0, 0.05) is 17.0 Å². The van der Waals surface area contributed by atoms with Gasteiger partial charge in [0.1, 0.15) is 11.6 Å². The highest BCUT2D eigenvalue weighted by Gasteiger charge is 2.36. The lowest BCUT2D eigenvalue weighted by atomic mass is 9.93. The number of nitrogens with one attached hydrogen (secondary N) is 1. The van der Waals surface area contributed by atoms with Crippen molar-refractivity contribution >= 4 is 27.7 Å². The van der Waals surface area contributed by atoms with Gasteiger partial charge in [-0.25, -0.2) is 4.98 Å². The molecule has 3 aromatic rings. The van der Waals surface area contributed by atoms with Gasteiger partial charge in [-0.1, -0.05) is 50.2 Å². The molecule has 0 spiro atoms. The Morgan fingerprint density at radius 3 is 2.17 bits per heavy atom. The number of aromatic nitrogens is 2. The predicted octanol–water partition coefficient (Wildman–Crippen LogP) is 4.32. The zero-order valence-corrected chi connectivity index (χ0v) is 20.2. The van der Waals surface area contributed by atoms with Gasteiger partial charge in [0.25, 0.3) is 10.1 Å². The molecule has 0 saturated carbocycles. The zero-order chi connectivity index (χ0) is 26.6. The van der Waals surface area contributed by atoms with Crippen molar-refractivity contribution < 1.29 is 35.5 Å². The summed E-state index contributed by atoms with van der Waals surface area (Å²) in [6.45, 7) is 5.88. The Morgan fingerprint density at radius 1 is 1.11 bits per heavy atom. The van der Waals surface area contributed by atoms with Gasteiger partial charge < -0.3 is 15.6 Å². The number of amides is 1. The number of carbonyl (C=O) groups excluding carboxylic acids is 1. The molecule has 13 heteroatoms. The summed E-state index contributed by atoms with van der Waals surface area (Å²) < 4.78 is 70.9. The third-order valence-corrected chi connectivity index (χ3v) is 4.33. The standard InChI is InChI=1S/C21H21F3N4O2.CH4O3S/c1-20(2,3)15-11-17(28-30-15)27-18(29)10-12-4-6-13(7-5-12)14-8-9-16(25)26-19(14)21(22,23)24;1-5(2,3)4/h4-9,11H,10H2,1-3H3,(H2,25,26)(H,27,28,29);1H3,(H,2,3,4). The second-order valence-corrected chi connectivity index (χ2v) is 10.1. The molecular weight excluding hydrogens is 489 g/mol. The number of nitrogens with two attached hydrogens (primary N) is 1. The number of nitrogens with zero attached hydrogens (tertiary/aromatic N) is 2. The number of alkyl halides is 3. The number of carbonyl (C=O) groups is 1. The summed E-state index contributed by atoms with van der Waals surface area (Å²) >= 11 is 0. The summed E-state index contributed by atoms with van der Waals surface area (Å²) in [4.78, 5) is 15.7. The lowest BCUT2D eigenvalue weighted by Gasteiger charge is -2.13. The Hall–Kier alpha value is -3.45. The van der Waals surface area contributed by atoms with E-state index in [1.54, 1.807) is 18.2 Å². The average molecular weight is 515 g/mol. The minimum Gasteiger partial charge on any atom is -0.384 e. The van der Waals surface area contributed by atoms with E-state index in [0.717, 1.165) is 0 Å². The number of rotatable bonds is 4. The molecule has 0 fully saturated rings. The van der Waals surface area contributed by atoms with Crippen molar-refractivity contribution in [2.45, 2.75) is 38.8 Å². The Bertz CT molecular complexity index is 1270. The fraction of sp³-hybridized carbons (Fsp3) is 0.318. The van der Waals surface area contributed by atoms with Crippen LogP contribution in [0.2, 0.25) is 0 Å². The molecule has 1 aromatic carbocycles. The first kappa shape index (κ1) is 27.8. The molecule has 35 heavy (non-hydrogen) atoms. The number of anilines is 2. The van der Waals surface area contributed by atoms with Crippen LogP contribution in [0.3, 0.4) is 0 Å². The van der Waals surface area contributed by atoms with E-state index in [-0.39, 0.29) is 29.1 Å². The van der Waals surface area contributed by atoms with Crippen molar-refractivity contribution in [3.8, 4) is 11.1 Å². The minimum atomic E-state index is -4.63. The predicted molar refractivity (Wildman–Crippen MR) is 124 cm³/mol. The Labute approximate surface area is 200 Å². The number of hydrogen-bond acceptors (Lipinski definition) is 7. The zero-order valence-electron chi connectivity index (χ0n) is 19.3. The van der Waals surface area contributed by atoms with Crippen molar-refractivity contribution in [1.82, 2.24) is 10.1 Å². The second-order valence-electron chi connectivity index (χ2n) is 8.61.